The van der Waals surface area contributed by atoms with Crippen LogP contribution in [0.25, 0.3) is 0 Å². The van der Waals surface area contributed by atoms with E-state index in [0.29, 0.717) is 18.8 Å². The topological polar surface area (TPSA) is 44.8 Å². The van der Waals surface area contributed by atoms with Crippen LogP contribution in [0.1, 0.15) is 45.4 Å². The molecule has 0 aromatic heterocycles. The summed E-state index contributed by atoms with van der Waals surface area (Å²) < 4.78 is 42.0. The van der Waals surface area contributed by atoms with Crippen LogP contribution in [-0.2, 0) is 19.0 Å². The Morgan fingerprint density at radius 2 is 1.86 bits per heavy atom. The van der Waals surface area contributed by atoms with E-state index in [9.17, 15) is 13.6 Å². The third-order valence-electron chi connectivity index (χ3n) is 5.48. The first kappa shape index (κ1) is 16.1. The molecule has 0 spiro atoms. The molecule has 0 amide bonds. The van der Waals surface area contributed by atoms with Crippen LogP contribution in [0.15, 0.2) is 0 Å². The Morgan fingerprint density at radius 3 is 2.41 bits per heavy atom. The lowest BCUT2D eigenvalue weighted by atomic mass is 9.48. The number of hydrogen-bond donors (Lipinski definition) is 0. The fraction of sp³-hybridized carbons (Fsp3) is 0.938. The summed E-state index contributed by atoms with van der Waals surface area (Å²) in [5, 5.41) is 0. The average Bonchev–Trinajstić information content (AvgIpc) is 2.40. The molecule has 0 aromatic rings. The van der Waals surface area contributed by atoms with Crippen molar-refractivity contribution in [3.05, 3.63) is 0 Å². The van der Waals surface area contributed by atoms with Crippen LogP contribution < -0.4 is 0 Å². The Morgan fingerprint density at radius 1 is 1.23 bits per heavy atom. The van der Waals surface area contributed by atoms with Gasteiger partial charge in [-0.2, -0.15) is 8.78 Å². The minimum Gasteiger partial charge on any atom is -0.461 e. The first-order chi connectivity index (χ1) is 10.3. The Hall–Kier alpha value is -0.750. The minimum atomic E-state index is -3.42. The standard InChI is InChI=1S/C16H24F2O4/c1-14(17,18)13(19)21-9-15-4-11-3-12(5-15)7-16(6-11,8-15)22-10-20-2/h11-12H,3-10H2,1-2H3. The normalized spacial score (nSPS) is 40.0. The lowest BCUT2D eigenvalue weighted by molar-refractivity contribution is -0.235. The number of rotatable bonds is 6. The molecule has 6 heteroatoms. The third kappa shape index (κ3) is 3.00. The fourth-order valence-corrected chi connectivity index (χ4v) is 5.23. The average molecular weight is 318 g/mol. The zero-order valence-electron chi connectivity index (χ0n) is 13.2. The molecule has 4 fully saturated rings. The molecule has 0 aliphatic heterocycles. The third-order valence-corrected chi connectivity index (χ3v) is 5.48. The molecular formula is C16H24F2O4. The SMILES string of the molecule is COCOC12CC3CC(CC(COC(=O)C(C)(F)F)(C3)C1)C2. The molecule has 0 radical (unpaired) electrons. The first-order valence-electron chi connectivity index (χ1n) is 7.94. The van der Waals surface area contributed by atoms with Crippen molar-refractivity contribution in [1.29, 1.82) is 0 Å². The smallest absolute Gasteiger partial charge is 0.376 e. The van der Waals surface area contributed by atoms with E-state index in [1.54, 1.807) is 7.11 Å². The van der Waals surface area contributed by atoms with Crippen molar-refractivity contribution in [3.63, 3.8) is 0 Å². The van der Waals surface area contributed by atoms with Crippen molar-refractivity contribution in [1.82, 2.24) is 0 Å². The number of carbonyl (C=O) groups is 1. The number of hydrogen-bond acceptors (Lipinski definition) is 4. The van der Waals surface area contributed by atoms with E-state index in [4.69, 9.17) is 14.2 Å². The number of esters is 1. The van der Waals surface area contributed by atoms with Crippen LogP contribution in [0.2, 0.25) is 0 Å². The van der Waals surface area contributed by atoms with Crippen molar-refractivity contribution in [2.75, 3.05) is 20.5 Å². The monoisotopic (exact) mass is 318 g/mol. The molecule has 22 heavy (non-hydrogen) atoms. The van der Waals surface area contributed by atoms with E-state index < -0.39 is 11.9 Å². The van der Waals surface area contributed by atoms with E-state index in [2.05, 4.69) is 0 Å². The molecular weight excluding hydrogens is 294 g/mol. The summed E-state index contributed by atoms with van der Waals surface area (Å²) in [4.78, 5) is 11.4. The second-order valence-corrected chi connectivity index (χ2v) is 7.66. The van der Waals surface area contributed by atoms with Crippen LogP contribution in [-0.4, -0.2) is 38.0 Å². The van der Waals surface area contributed by atoms with Gasteiger partial charge in [0.25, 0.3) is 0 Å². The maximum Gasteiger partial charge on any atom is 0.376 e. The van der Waals surface area contributed by atoms with Gasteiger partial charge in [0.1, 0.15) is 6.79 Å². The van der Waals surface area contributed by atoms with Gasteiger partial charge in [-0.1, -0.05) is 0 Å². The van der Waals surface area contributed by atoms with E-state index in [1.165, 1.54) is 6.42 Å². The number of alkyl halides is 2. The fourth-order valence-electron chi connectivity index (χ4n) is 5.23. The molecule has 4 saturated carbocycles. The van der Waals surface area contributed by atoms with Gasteiger partial charge in [-0.25, -0.2) is 4.79 Å². The maximum absolute atomic E-state index is 13.0. The van der Waals surface area contributed by atoms with E-state index in [-0.39, 0.29) is 24.4 Å². The summed E-state index contributed by atoms with van der Waals surface area (Å²) in [6.45, 7) is 0.918. The zero-order chi connectivity index (χ0) is 16.0. The zero-order valence-corrected chi connectivity index (χ0v) is 13.2. The Bertz CT molecular complexity index is 432. The molecule has 0 N–H and O–H groups in total. The van der Waals surface area contributed by atoms with Crippen LogP contribution in [0.3, 0.4) is 0 Å². The molecule has 126 valence electrons. The first-order valence-corrected chi connectivity index (χ1v) is 7.94. The quantitative estimate of drug-likeness (QED) is 0.557. The van der Waals surface area contributed by atoms with Gasteiger partial charge in [0.15, 0.2) is 0 Å². The van der Waals surface area contributed by atoms with E-state index >= 15 is 0 Å². The molecule has 2 atom stereocenters. The highest BCUT2D eigenvalue weighted by molar-refractivity contribution is 5.76. The molecule has 4 nitrogen and oxygen atoms in total. The predicted octanol–water partition coefficient (Wildman–Crippen LogP) is 3.14. The van der Waals surface area contributed by atoms with Gasteiger partial charge in [-0.3, -0.25) is 0 Å². The van der Waals surface area contributed by atoms with Crippen molar-refractivity contribution >= 4 is 5.97 Å². The van der Waals surface area contributed by atoms with Gasteiger partial charge in [0.2, 0.25) is 0 Å². The van der Waals surface area contributed by atoms with Crippen molar-refractivity contribution in [2.45, 2.75) is 57.0 Å². The summed E-state index contributed by atoms with van der Waals surface area (Å²) in [5.41, 5.74) is -0.417. The highest BCUT2D eigenvalue weighted by Gasteiger charge is 2.59. The van der Waals surface area contributed by atoms with E-state index in [0.717, 1.165) is 32.1 Å². The number of methoxy groups -OCH3 is 1. The summed E-state index contributed by atoms with van der Waals surface area (Å²) in [7, 11) is 1.60. The summed E-state index contributed by atoms with van der Waals surface area (Å²) >= 11 is 0. The van der Waals surface area contributed by atoms with Crippen molar-refractivity contribution < 1.29 is 27.8 Å². The van der Waals surface area contributed by atoms with Gasteiger partial charge < -0.3 is 14.2 Å². The number of carbonyl (C=O) groups excluding carboxylic acids is 1. The van der Waals surface area contributed by atoms with Gasteiger partial charge in [0.05, 0.1) is 12.2 Å². The minimum absolute atomic E-state index is 0.0837. The molecule has 0 heterocycles. The lowest BCUT2D eigenvalue weighted by Gasteiger charge is -2.61. The Labute approximate surface area is 129 Å². The van der Waals surface area contributed by atoms with E-state index in [1.807, 2.05) is 0 Å². The van der Waals surface area contributed by atoms with Crippen LogP contribution >= 0.6 is 0 Å². The Kier molecular flexibility index (Phi) is 3.96. The molecule has 2 unspecified atom stereocenters. The maximum atomic E-state index is 13.0. The highest BCUT2D eigenvalue weighted by Crippen LogP contribution is 2.62. The van der Waals surface area contributed by atoms with Crippen LogP contribution in [0.5, 0.6) is 0 Å². The molecule has 0 saturated heterocycles. The van der Waals surface area contributed by atoms with Crippen molar-refractivity contribution in [2.24, 2.45) is 17.3 Å². The second-order valence-electron chi connectivity index (χ2n) is 7.66. The van der Waals surface area contributed by atoms with Crippen molar-refractivity contribution in [3.8, 4) is 0 Å². The van der Waals surface area contributed by atoms with Gasteiger partial charge in [-0.05, 0) is 50.4 Å². The van der Waals surface area contributed by atoms with Gasteiger partial charge in [0, 0.05) is 19.4 Å². The molecule has 4 aliphatic rings. The molecule has 4 rings (SSSR count). The Balaban J connectivity index is 1.69. The second kappa shape index (κ2) is 5.41. The predicted molar refractivity (Wildman–Crippen MR) is 74.4 cm³/mol. The molecule has 4 aliphatic carbocycles. The highest BCUT2D eigenvalue weighted by atomic mass is 19.3. The van der Waals surface area contributed by atoms with Crippen LogP contribution in [0, 0.1) is 17.3 Å². The summed E-state index contributed by atoms with van der Waals surface area (Å²) in [6, 6.07) is 0. The lowest BCUT2D eigenvalue weighted by Crippen LogP contribution is -2.58. The van der Waals surface area contributed by atoms with Gasteiger partial charge in [-0.15, -0.1) is 0 Å². The van der Waals surface area contributed by atoms with Gasteiger partial charge >= 0.3 is 11.9 Å². The molecule has 4 bridgehead atoms. The van der Waals surface area contributed by atoms with Crippen LogP contribution in [0.4, 0.5) is 8.78 Å². The largest absolute Gasteiger partial charge is 0.461 e. The summed E-state index contributed by atoms with van der Waals surface area (Å²) in [6.07, 6.45) is 5.87. The molecule has 0 aromatic carbocycles. The number of ether oxygens (including phenoxy) is 3. The summed E-state index contributed by atoms with van der Waals surface area (Å²) in [5.74, 6) is -3.76. The number of halogens is 2.